The number of rotatable bonds is 21. The van der Waals surface area contributed by atoms with E-state index in [0.29, 0.717) is 39.1 Å². The summed E-state index contributed by atoms with van der Waals surface area (Å²) in [7, 11) is 1.25. The van der Waals surface area contributed by atoms with Crippen LogP contribution in [0.25, 0.3) is 0 Å². The van der Waals surface area contributed by atoms with E-state index in [1.165, 1.54) is 7.11 Å². The van der Waals surface area contributed by atoms with Crippen molar-refractivity contribution in [1.82, 2.24) is 15.5 Å². The second-order valence-electron chi connectivity index (χ2n) is 9.66. The van der Waals surface area contributed by atoms with Gasteiger partial charge in [-0.3, -0.25) is 14.5 Å². The highest BCUT2D eigenvalue weighted by molar-refractivity contribution is 5.94. The Bertz CT molecular complexity index is 956. The molecule has 1 unspecified atom stereocenters. The first-order valence-corrected chi connectivity index (χ1v) is 15.1. The monoisotopic (exact) mass is 581 g/mol. The summed E-state index contributed by atoms with van der Waals surface area (Å²) in [4.78, 5) is 37.8. The number of esters is 1. The Morgan fingerprint density at radius 1 is 0.738 bits per heavy atom. The molecule has 0 aliphatic carbocycles. The standard InChI is InChI=1S/C34H51N3O5/c1-3-4-5-6-7-8-9-10-11-12-13-14-15-16-17-18-19-20-21-22-32(38)35-29-31(37-25-27-42-28-26-37)30-36-33(39)23-24-34(40)41-2/h4-5,7-8,10-11,13-14,16-17,19-20,23-24,31H,3,6,9,12,15,18,21-22,25-30H2,1-2H3,(H,35,38)(H,36,39). The predicted molar refractivity (Wildman–Crippen MR) is 171 cm³/mol. The number of hydrogen-bond donors (Lipinski definition) is 2. The number of nitrogens with one attached hydrogen (secondary N) is 2. The van der Waals surface area contributed by atoms with E-state index in [1.807, 2.05) is 6.08 Å². The highest BCUT2D eigenvalue weighted by atomic mass is 16.5. The zero-order valence-corrected chi connectivity index (χ0v) is 25.5. The van der Waals surface area contributed by atoms with Crippen LogP contribution in [0.2, 0.25) is 0 Å². The first kappa shape index (κ1) is 36.5. The van der Waals surface area contributed by atoms with Gasteiger partial charge in [0.2, 0.25) is 11.8 Å². The van der Waals surface area contributed by atoms with Crippen LogP contribution in [-0.2, 0) is 23.9 Å². The van der Waals surface area contributed by atoms with Gasteiger partial charge in [0.25, 0.3) is 0 Å². The van der Waals surface area contributed by atoms with Crippen molar-refractivity contribution in [1.29, 1.82) is 0 Å². The van der Waals surface area contributed by atoms with Gasteiger partial charge in [0.05, 0.1) is 20.3 Å². The number of hydrogen-bond acceptors (Lipinski definition) is 6. The fourth-order valence-corrected chi connectivity index (χ4v) is 3.94. The van der Waals surface area contributed by atoms with E-state index in [9.17, 15) is 14.4 Å². The molecule has 1 fully saturated rings. The summed E-state index contributed by atoms with van der Waals surface area (Å²) in [5, 5.41) is 5.78. The molecule has 1 aliphatic heterocycles. The number of amides is 2. The summed E-state index contributed by atoms with van der Waals surface area (Å²) in [6.07, 6.45) is 35.0. The van der Waals surface area contributed by atoms with E-state index in [4.69, 9.17) is 4.74 Å². The molecule has 8 nitrogen and oxygen atoms in total. The Balaban J connectivity index is 2.21. The summed E-state index contributed by atoms with van der Waals surface area (Å²) in [5.74, 6) is -0.999. The molecule has 0 aromatic rings. The van der Waals surface area contributed by atoms with E-state index in [-0.39, 0.29) is 17.9 Å². The van der Waals surface area contributed by atoms with Crippen LogP contribution in [0.1, 0.15) is 58.3 Å². The van der Waals surface area contributed by atoms with Gasteiger partial charge in [-0.1, -0.05) is 79.8 Å². The van der Waals surface area contributed by atoms with Gasteiger partial charge in [0, 0.05) is 50.8 Å². The van der Waals surface area contributed by atoms with E-state index in [0.717, 1.165) is 63.8 Å². The molecule has 2 N–H and O–H groups in total. The molecule has 232 valence electrons. The quantitative estimate of drug-likeness (QED) is 0.111. The van der Waals surface area contributed by atoms with Crippen LogP contribution in [0.5, 0.6) is 0 Å². The molecule has 1 saturated heterocycles. The van der Waals surface area contributed by atoms with Crippen molar-refractivity contribution >= 4 is 17.8 Å². The second kappa shape index (κ2) is 26.4. The van der Waals surface area contributed by atoms with Crippen molar-refractivity contribution < 1.29 is 23.9 Å². The van der Waals surface area contributed by atoms with E-state index in [2.05, 4.69) is 94.0 Å². The van der Waals surface area contributed by atoms with Crippen LogP contribution in [-0.4, -0.2) is 75.2 Å². The van der Waals surface area contributed by atoms with Gasteiger partial charge in [-0.15, -0.1) is 0 Å². The number of morpholine rings is 1. The fourth-order valence-electron chi connectivity index (χ4n) is 3.94. The van der Waals surface area contributed by atoms with Crippen LogP contribution < -0.4 is 10.6 Å². The minimum Gasteiger partial charge on any atom is -0.466 e. The maximum Gasteiger partial charge on any atom is 0.330 e. The van der Waals surface area contributed by atoms with Gasteiger partial charge in [-0.2, -0.15) is 0 Å². The zero-order valence-electron chi connectivity index (χ0n) is 25.5. The maximum absolute atomic E-state index is 12.4. The Morgan fingerprint density at radius 3 is 1.76 bits per heavy atom. The Labute approximate surface area is 253 Å². The van der Waals surface area contributed by atoms with Gasteiger partial charge < -0.3 is 20.1 Å². The lowest BCUT2D eigenvalue weighted by Gasteiger charge is -2.34. The van der Waals surface area contributed by atoms with E-state index >= 15 is 0 Å². The molecule has 1 heterocycles. The molecule has 1 rings (SSSR count). The Hall–Kier alpha value is -3.49. The van der Waals surface area contributed by atoms with Crippen LogP contribution in [0.3, 0.4) is 0 Å². The molecule has 0 aromatic heterocycles. The van der Waals surface area contributed by atoms with Crippen LogP contribution >= 0.6 is 0 Å². The van der Waals surface area contributed by atoms with Gasteiger partial charge in [-0.25, -0.2) is 4.79 Å². The van der Waals surface area contributed by atoms with E-state index in [1.54, 1.807) is 0 Å². The zero-order chi connectivity index (χ0) is 30.5. The lowest BCUT2D eigenvalue weighted by Crippen LogP contribution is -2.53. The topological polar surface area (TPSA) is 97.0 Å². The third-order valence-electron chi connectivity index (χ3n) is 6.32. The Kier molecular flexibility index (Phi) is 23.0. The molecule has 1 aliphatic rings. The minimum atomic E-state index is -0.589. The number of nitrogens with zero attached hydrogens (tertiary/aromatic N) is 1. The fraction of sp³-hybridized carbons (Fsp3) is 0.500. The number of methoxy groups -OCH3 is 1. The molecule has 0 spiro atoms. The predicted octanol–water partition coefficient (Wildman–Crippen LogP) is 5.13. The molecular formula is C34H51N3O5. The van der Waals surface area contributed by atoms with Crippen molar-refractivity contribution in [2.24, 2.45) is 0 Å². The number of carbonyl (C=O) groups is 3. The lowest BCUT2D eigenvalue weighted by molar-refractivity contribution is -0.135. The highest BCUT2D eigenvalue weighted by Crippen LogP contribution is 2.04. The minimum absolute atomic E-state index is 0.0234. The summed E-state index contributed by atoms with van der Waals surface area (Å²) < 4.78 is 9.92. The molecule has 0 saturated carbocycles. The van der Waals surface area contributed by atoms with Crippen LogP contribution in [0, 0.1) is 0 Å². The first-order chi connectivity index (χ1) is 20.6. The van der Waals surface area contributed by atoms with Crippen molar-refractivity contribution in [3.8, 4) is 0 Å². The van der Waals surface area contributed by atoms with Crippen molar-refractivity contribution in [3.05, 3.63) is 85.1 Å². The summed E-state index contributed by atoms with van der Waals surface area (Å²) in [6.45, 7) is 5.60. The third kappa shape index (κ3) is 21.3. The van der Waals surface area contributed by atoms with E-state index < -0.39 is 5.97 Å². The van der Waals surface area contributed by atoms with Gasteiger partial charge >= 0.3 is 5.97 Å². The number of allylic oxidation sites excluding steroid dienone is 12. The average molecular weight is 582 g/mol. The van der Waals surface area contributed by atoms with Gasteiger partial charge in [0.15, 0.2) is 0 Å². The van der Waals surface area contributed by atoms with Crippen LogP contribution in [0.15, 0.2) is 85.1 Å². The largest absolute Gasteiger partial charge is 0.466 e. The smallest absolute Gasteiger partial charge is 0.330 e. The number of ether oxygens (including phenoxy) is 2. The van der Waals surface area contributed by atoms with Gasteiger partial charge in [0.1, 0.15) is 0 Å². The average Bonchev–Trinajstić information content (AvgIpc) is 3.01. The highest BCUT2D eigenvalue weighted by Gasteiger charge is 2.22. The molecular weight excluding hydrogens is 530 g/mol. The first-order valence-electron chi connectivity index (χ1n) is 15.1. The van der Waals surface area contributed by atoms with Crippen molar-refractivity contribution in [3.63, 3.8) is 0 Å². The maximum atomic E-state index is 12.4. The van der Waals surface area contributed by atoms with Crippen LogP contribution in [0.4, 0.5) is 0 Å². The normalized spacial score (nSPS) is 15.8. The summed E-state index contributed by atoms with van der Waals surface area (Å²) in [5.41, 5.74) is 0. The molecule has 0 radical (unpaired) electrons. The molecule has 0 aromatic carbocycles. The molecule has 0 bridgehead atoms. The second-order valence-corrected chi connectivity index (χ2v) is 9.66. The Morgan fingerprint density at radius 2 is 1.24 bits per heavy atom. The SMILES string of the molecule is CCC=CCC=CCC=CCC=CCC=CCC=CCCC(=O)NCC(CNC(=O)C=CC(=O)OC)N1CCOCC1. The van der Waals surface area contributed by atoms with Crippen molar-refractivity contribution in [2.45, 2.75) is 64.3 Å². The molecule has 42 heavy (non-hydrogen) atoms. The van der Waals surface area contributed by atoms with Crippen molar-refractivity contribution in [2.75, 3.05) is 46.5 Å². The molecule has 1 atom stereocenters. The summed E-state index contributed by atoms with van der Waals surface area (Å²) >= 11 is 0. The lowest BCUT2D eigenvalue weighted by atomic mass is 10.2. The third-order valence-corrected chi connectivity index (χ3v) is 6.32. The van der Waals surface area contributed by atoms with Gasteiger partial charge in [-0.05, 0) is 44.9 Å². The molecule has 8 heteroatoms. The number of carbonyl (C=O) groups excluding carboxylic acids is 3. The molecule has 2 amide bonds. The summed E-state index contributed by atoms with van der Waals surface area (Å²) in [6, 6.07) is -0.0702.